The Morgan fingerprint density at radius 2 is 1.88 bits per heavy atom. The van der Waals surface area contributed by atoms with Gasteiger partial charge in [0.1, 0.15) is 11.6 Å². The number of primary amides is 1. The van der Waals surface area contributed by atoms with Crippen molar-refractivity contribution in [2.45, 2.75) is 25.2 Å². The van der Waals surface area contributed by atoms with E-state index < -0.39 is 23.3 Å². The fraction of sp³-hybridized carbons (Fsp3) is 0.381. The van der Waals surface area contributed by atoms with Crippen LogP contribution in [-0.4, -0.2) is 47.9 Å². The number of amides is 3. The summed E-state index contributed by atoms with van der Waals surface area (Å²) in [6.45, 7) is 0.981. The molecule has 32 heavy (non-hydrogen) atoms. The molecule has 0 spiro atoms. The van der Waals surface area contributed by atoms with Crippen LogP contribution in [0.1, 0.15) is 30.7 Å². The lowest BCUT2D eigenvalue weighted by molar-refractivity contribution is -0.123. The van der Waals surface area contributed by atoms with Crippen molar-refractivity contribution < 1.29 is 19.1 Å². The number of anilines is 3. The zero-order valence-corrected chi connectivity index (χ0v) is 17.5. The average molecular weight is 440 g/mol. The number of hydrogen-bond acceptors (Lipinski definition) is 7. The van der Waals surface area contributed by atoms with Gasteiger partial charge in [-0.2, -0.15) is 4.98 Å². The highest BCUT2D eigenvalue weighted by Gasteiger charge is 2.35. The largest absolute Gasteiger partial charge is 0.497 e. The molecule has 0 bridgehead atoms. The second-order valence-electron chi connectivity index (χ2n) is 7.84. The minimum atomic E-state index is -0.980. The first-order valence-corrected chi connectivity index (χ1v) is 10.3. The molecule has 0 radical (unpaired) electrons. The number of aromatic amines is 1. The summed E-state index contributed by atoms with van der Waals surface area (Å²) in [5, 5.41) is 5.34. The smallest absolute Gasteiger partial charge is 0.258 e. The van der Waals surface area contributed by atoms with E-state index in [-0.39, 0.29) is 35.6 Å². The first-order valence-electron chi connectivity index (χ1n) is 10.3. The van der Waals surface area contributed by atoms with Gasteiger partial charge in [-0.25, -0.2) is 0 Å². The molecule has 5 N–H and O–H groups in total. The van der Waals surface area contributed by atoms with Crippen LogP contribution >= 0.6 is 0 Å². The van der Waals surface area contributed by atoms with Gasteiger partial charge in [-0.15, -0.1) is 0 Å². The molecule has 1 aromatic carbocycles. The molecule has 0 unspecified atom stereocenters. The third kappa shape index (κ3) is 4.27. The molecule has 1 saturated heterocycles. The molecular formula is C21H24N6O5. The average Bonchev–Trinajstić information content (AvgIpc) is 2.78. The van der Waals surface area contributed by atoms with E-state index in [4.69, 9.17) is 10.5 Å². The van der Waals surface area contributed by atoms with Gasteiger partial charge in [0.2, 0.25) is 23.7 Å². The molecule has 3 heterocycles. The van der Waals surface area contributed by atoms with Crippen LogP contribution in [0.5, 0.6) is 5.75 Å². The number of fused-ring (bicyclic) bond motifs is 1. The van der Waals surface area contributed by atoms with Crippen molar-refractivity contribution in [2.75, 3.05) is 35.7 Å². The van der Waals surface area contributed by atoms with Crippen LogP contribution in [0.15, 0.2) is 29.1 Å². The van der Waals surface area contributed by atoms with Crippen molar-refractivity contribution in [3.8, 4) is 5.75 Å². The van der Waals surface area contributed by atoms with Crippen LogP contribution < -0.4 is 31.6 Å². The normalized spacial score (nSPS) is 18.5. The number of carbonyl (C=O) groups excluding carboxylic acids is 3. The predicted molar refractivity (Wildman–Crippen MR) is 117 cm³/mol. The van der Waals surface area contributed by atoms with E-state index in [0.29, 0.717) is 37.4 Å². The summed E-state index contributed by atoms with van der Waals surface area (Å²) < 4.78 is 5.10. The zero-order valence-electron chi connectivity index (χ0n) is 17.5. The Morgan fingerprint density at radius 3 is 2.50 bits per heavy atom. The van der Waals surface area contributed by atoms with Gasteiger partial charge >= 0.3 is 0 Å². The monoisotopic (exact) mass is 440 g/mol. The van der Waals surface area contributed by atoms with Crippen LogP contribution in [0.4, 0.5) is 17.5 Å². The first kappa shape index (κ1) is 21.3. The summed E-state index contributed by atoms with van der Waals surface area (Å²) in [6, 6.07) is 6.72. The molecule has 4 rings (SSSR count). The molecule has 2 aromatic rings. The highest BCUT2D eigenvalue weighted by atomic mass is 16.5. The number of hydrogen-bond donors (Lipinski definition) is 4. The summed E-state index contributed by atoms with van der Waals surface area (Å²) in [6.07, 6.45) is 0.938. The molecule has 1 fully saturated rings. The van der Waals surface area contributed by atoms with Crippen LogP contribution in [0.3, 0.4) is 0 Å². The van der Waals surface area contributed by atoms with Crippen LogP contribution in [-0.2, 0) is 14.4 Å². The topological polar surface area (TPSA) is 160 Å². The second-order valence-corrected chi connectivity index (χ2v) is 7.84. The Morgan fingerprint density at radius 1 is 1.19 bits per heavy atom. The summed E-state index contributed by atoms with van der Waals surface area (Å²) in [5.41, 5.74) is 5.52. The second kappa shape index (κ2) is 8.69. The zero-order chi connectivity index (χ0) is 22.8. The van der Waals surface area contributed by atoms with Crippen LogP contribution in [0, 0.1) is 5.92 Å². The van der Waals surface area contributed by atoms with Gasteiger partial charge < -0.3 is 26.0 Å². The van der Waals surface area contributed by atoms with E-state index in [1.165, 1.54) is 0 Å². The van der Waals surface area contributed by atoms with Gasteiger partial charge in [0, 0.05) is 31.1 Å². The minimum Gasteiger partial charge on any atom is -0.497 e. The highest BCUT2D eigenvalue weighted by Crippen LogP contribution is 2.31. The number of rotatable bonds is 5. The Kier molecular flexibility index (Phi) is 5.80. The molecule has 3 amide bonds. The van der Waals surface area contributed by atoms with E-state index in [1.807, 2.05) is 4.90 Å². The summed E-state index contributed by atoms with van der Waals surface area (Å²) >= 11 is 0. The van der Waals surface area contributed by atoms with Gasteiger partial charge in [-0.1, -0.05) is 0 Å². The van der Waals surface area contributed by atoms with Gasteiger partial charge in [0.05, 0.1) is 18.6 Å². The van der Waals surface area contributed by atoms with E-state index in [0.717, 1.165) is 0 Å². The van der Waals surface area contributed by atoms with Gasteiger partial charge in [0.15, 0.2) is 0 Å². The fourth-order valence-electron chi connectivity index (χ4n) is 4.01. The SMILES string of the molecule is COc1ccc(NC(=O)[C@H]2CC(=O)Nc3nc(N4CCC(C(N)=O)CC4)[nH]c(=O)c32)cc1. The fourth-order valence-corrected chi connectivity index (χ4v) is 4.01. The highest BCUT2D eigenvalue weighted by molar-refractivity contribution is 6.04. The molecule has 2 aliphatic rings. The lowest BCUT2D eigenvalue weighted by Gasteiger charge is -2.32. The molecule has 11 nitrogen and oxygen atoms in total. The van der Waals surface area contributed by atoms with Crippen molar-refractivity contribution in [3.05, 3.63) is 40.2 Å². The van der Waals surface area contributed by atoms with Crippen molar-refractivity contribution in [2.24, 2.45) is 11.7 Å². The number of nitrogens with one attached hydrogen (secondary N) is 3. The van der Waals surface area contributed by atoms with Crippen molar-refractivity contribution in [1.29, 1.82) is 0 Å². The molecule has 1 atom stereocenters. The number of nitrogens with two attached hydrogens (primary N) is 1. The minimum absolute atomic E-state index is 0.0758. The number of benzene rings is 1. The Labute approximate surface area is 183 Å². The summed E-state index contributed by atoms with van der Waals surface area (Å²) in [7, 11) is 1.54. The maximum atomic E-state index is 12.9. The quantitative estimate of drug-likeness (QED) is 0.528. The Balaban J connectivity index is 1.57. The maximum absolute atomic E-state index is 12.9. The number of methoxy groups -OCH3 is 1. The van der Waals surface area contributed by atoms with E-state index in [9.17, 15) is 19.2 Å². The lowest BCUT2D eigenvalue weighted by atomic mass is 9.92. The molecule has 0 aliphatic carbocycles. The van der Waals surface area contributed by atoms with Gasteiger partial charge in [-0.05, 0) is 37.1 Å². The molecular weight excluding hydrogens is 416 g/mol. The number of ether oxygens (including phenoxy) is 1. The number of piperidine rings is 1. The van der Waals surface area contributed by atoms with Crippen LogP contribution in [0.25, 0.3) is 0 Å². The summed E-state index contributed by atoms with van der Waals surface area (Å²) in [4.78, 5) is 58.4. The number of H-pyrrole nitrogens is 1. The van der Waals surface area contributed by atoms with Crippen molar-refractivity contribution in [3.63, 3.8) is 0 Å². The number of aromatic nitrogens is 2. The standard InChI is InChI=1S/C21H24N6O5/c1-32-13-4-2-12(3-5-13)23-19(30)14-10-15(28)24-18-16(14)20(31)26-21(25-18)27-8-6-11(7-9-27)17(22)29/h2-5,11,14H,6-10H2,1H3,(H2,22,29)(H,23,30)(H2,24,25,26,28,31)/t14-/m0/s1. The van der Waals surface area contributed by atoms with E-state index in [1.54, 1.807) is 31.4 Å². The molecule has 11 heteroatoms. The van der Waals surface area contributed by atoms with Gasteiger partial charge in [0.25, 0.3) is 5.56 Å². The molecule has 168 valence electrons. The molecule has 0 saturated carbocycles. The maximum Gasteiger partial charge on any atom is 0.258 e. The third-order valence-electron chi connectivity index (χ3n) is 5.81. The lowest BCUT2D eigenvalue weighted by Crippen LogP contribution is -2.41. The van der Waals surface area contributed by atoms with Crippen LogP contribution in [0.2, 0.25) is 0 Å². The molecule has 2 aliphatic heterocycles. The molecule has 1 aromatic heterocycles. The third-order valence-corrected chi connectivity index (χ3v) is 5.81. The van der Waals surface area contributed by atoms with Crippen molar-refractivity contribution in [1.82, 2.24) is 9.97 Å². The van der Waals surface area contributed by atoms with Crippen molar-refractivity contribution >= 4 is 35.2 Å². The Bertz CT molecular complexity index is 1100. The first-order chi connectivity index (χ1) is 15.4. The van der Waals surface area contributed by atoms with E-state index in [2.05, 4.69) is 20.6 Å². The predicted octanol–water partition coefficient (Wildman–Crippen LogP) is 0.545. The Hall–Kier alpha value is -3.89. The number of nitrogens with zero attached hydrogens (tertiary/aromatic N) is 2. The summed E-state index contributed by atoms with van der Waals surface area (Å²) in [5.74, 6) is -1.40. The number of carbonyl (C=O) groups is 3. The van der Waals surface area contributed by atoms with Gasteiger partial charge in [-0.3, -0.25) is 24.2 Å². The van der Waals surface area contributed by atoms with E-state index >= 15 is 0 Å².